The zero-order valence-electron chi connectivity index (χ0n) is 12.6. The van der Waals surface area contributed by atoms with Crippen LogP contribution in [0.15, 0.2) is 18.2 Å². The number of nitrogens with one attached hydrogen (secondary N) is 2. The van der Waals surface area contributed by atoms with Gasteiger partial charge in [-0.05, 0) is 55.7 Å². The number of carbonyl (C=O) groups is 1. The molecule has 1 aliphatic heterocycles. The van der Waals surface area contributed by atoms with Crippen molar-refractivity contribution >= 4 is 5.91 Å². The van der Waals surface area contributed by atoms with Gasteiger partial charge in [-0.3, -0.25) is 4.79 Å². The number of β-amino-alcohol motifs (C(OH)–C–C–N with tert-alkyl or cyclic N) is 1. The molecule has 0 aromatic heterocycles. The van der Waals surface area contributed by atoms with Crippen LogP contribution in [0.5, 0.6) is 0 Å². The SMILES string of the molecule is C[C@H](NC(=O)[C@H]1C[C@H](O)CN1)c1ccc2c(c1)CCCC2. The Hall–Kier alpha value is -1.39. The number of hydrogen-bond acceptors (Lipinski definition) is 3. The molecule has 0 spiro atoms. The van der Waals surface area contributed by atoms with Gasteiger partial charge in [0.05, 0.1) is 18.2 Å². The normalized spacial score (nSPS) is 26.2. The van der Waals surface area contributed by atoms with E-state index in [4.69, 9.17) is 0 Å². The summed E-state index contributed by atoms with van der Waals surface area (Å²) in [7, 11) is 0. The van der Waals surface area contributed by atoms with Crippen molar-refractivity contribution < 1.29 is 9.90 Å². The van der Waals surface area contributed by atoms with Gasteiger partial charge in [-0.1, -0.05) is 18.2 Å². The third-order valence-electron chi connectivity index (χ3n) is 4.66. The van der Waals surface area contributed by atoms with Gasteiger partial charge < -0.3 is 15.7 Å². The quantitative estimate of drug-likeness (QED) is 0.789. The highest BCUT2D eigenvalue weighted by Gasteiger charge is 2.28. The molecular weight excluding hydrogens is 264 g/mol. The summed E-state index contributed by atoms with van der Waals surface area (Å²) in [6.45, 7) is 2.53. The third kappa shape index (κ3) is 3.27. The minimum atomic E-state index is -0.403. The molecule has 1 aliphatic carbocycles. The summed E-state index contributed by atoms with van der Waals surface area (Å²) < 4.78 is 0. The molecule has 1 heterocycles. The Bertz CT molecular complexity index is 530. The molecule has 3 rings (SSSR count). The van der Waals surface area contributed by atoms with E-state index in [1.54, 1.807) is 0 Å². The molecule has 1 saturated heterocycles. The molecule has 0 unspecified atom stereocenters. The van der Waals surface area contributed by atoms with Gasteiger partial charge in [0.2, 0.25) is 5.91 Å². The average molecular weight is 288 g/mol. The first-order chi connectivity index (χ1) is 10.1. The molecule has 1 aromatic rings. The lowest BCUT2D eigenvalue weighted by atomic mass is 9.89. The third-order valence-corrected chi connectivity index (χ3v) is 4.66. The van der Waals surface area contributed by atoms with Crippen molar-refractivity contribution in [2.45, 2.75) is 57.2 Å². The molecule has 21 heavy (non-hydrogen) atoms. The number of aliphatic hydroxyl groups is 1. The fourth-order valence-corrected chi connectivity index (χ4v) is 3.34. The molecule has 0 saturated carbocycles. The summed E-state index contributed by atoms with van der Waals surface area (Å²) in [4.78, 5) is 12.2. The predicted molar refractivity (Wildman–Crippen MR) is 82.1 cm³/mol. The van der Waals surface area contributed by atoms with Crippen molar-refractivity contribution in [1.82, 2.24) is 10.6 Å². The molecule has 3 atom stereocenters. The van der Waals surface area contributed by atoms with Crippen LogP contribution < -0.4 is 10.6 Å². The average Bonchev–Trinajstić information content (AvgIpc) is 2.93. The van der Waals surface area contributed by atoms with Crippen LogP contribution in [0.1, 0.15) is 48.9 Å². The number of amides is 1. The summed E-state index contributed by atoms with van der Waals surface area (Å²) >= 11 is 0. The van der Waals surface area contributed by atoms with Crippen LogP contribution in [0.3, 0.4) is 0 Å². The van der Waals surface area contributed by atoms with Gasteiger partial charge in [-0.2, -0.15) is 0 Å². The number of fused-ring (bicyclic) bond motifs is 1. The van der Waals surface area contributed by atoms with Crippen molar-refractivity contribution in [3.63, 3.8) is 0 Å². The summed E-state index contributed by atoms with van der Waals surface area (Å²) in [6, 6.07) is 6.33. The maximum absolute atomic E-state index is 12.2. The van der Waals surface area contributed by atoms with Gasteiger partial charge in [0, 0.05) is 6.54 Å². The molecule has 1 fully saturated rings. The molecule has 3 N–H and O–H groups in total. The lowest BCUT2D eigenvalue weighted by Gasteiger charge is -2.21. The number of aliphatic hydroxyl groups excluding tert-OH is 1. The van der Waals surface area contributed by atoms with Gasteiger partial charge >= 0.3 is 0 Å². The van der Waals surface area contributed by atoms with Crippen LogP contribution >= 0.6 is 0 Å². The maximum atomic E-state index is 12.2. The van der Waals surface area contributed by atoms with E-state index in [0.717, 1.165) is 6.42 Å². The van der Waals surface area contributed by atoms with Gasteiger partial charge in [-0.25, -0.2) is 0 Å². The second-order valence-corrected chi connectivity index (χ2v) is 6.32. The van der Waals surface area contributed by atoms with Crippen molar-refractivity contribution in [1.29, 1.82) is 0 Å². The van der Waals surface area contributed by atoms with Crippen molar-refractivity contribution in [2.24, 2.45) is 0 Å². The predicted octanol–water partition coefficient (Wildman–Crippen LogP) is 1.47. The van der Waals surface area contributed by atoms with E-state index in [2.05, 4.69) is 28.8 Å². The van der Waals surface area contributed by atoms with Crippen LogP contribution in [0.4, 0.5) is 0 Å². The molecule has 4 nitrogen and oxygen atoms in total. The van der Waals surface area contributed by atoms with E-state index >= 15 is 0 Å². The van der Waals surface area contributed by atoms with Gasteiger partial charge in [-0.15, -0.1) is 0 Å². The van der Waals surface area contributed by atoms with Gasteiger partial charge in [0.15, 0.2) is 0 Å². The standard InChI is InChI=1S/C17H24N2O2/c1-11(19-17(21)16-9-15(20)10-18-16)13-7-6-12-4-2-3-5-14(12)8-13/h6-8,11,15-16,18,20H,2-5,9-10H2,1H3,(H,19,21)/t11-,15-,16+/m0/s1. The minimum absolute atomic E-state index is 0.00395. The molecule has 2 aliphatic rings. The van der Waals surface area contributed by atoms with Crippen molar-refractivity contribution in [3.05, 3.63) is 34.9 Å². The van der Waals surface area contributed by atoms with E-state index in [-0.39, 0.29) is 18.0 Å². The highest BCUT2D eigenvalue weighted by atomic mass is 16.3. The summed E-state index contributed by atoms with van der Waals surface area (Å²) in [5, 5.41) is 15.6. The molecule has 0 bridgehead atoms. The molecule has 0 radical (unpaired) electrons. The molecule has 1 aromatic carbocycles. The van der Waals surface area contributed by atoms with Crippen LogP contribution in [0.2, 0.25) is 0 Å². The van der Waals surface area contributed by atoms with E-state index < -0.39 is 6.10 Å². The first-order valence-corrected chi connectivity index (χ1v) is 7.97. The first-order valence-electron chi connectivity index (χ1n) is 7.97. The number of rotatable bonds is 3. The van der Waals surface area contributed by atoms with E-state index in [1.165, 1.54) is 36.0 Å². The van der Waals surface area contributed by atoms with Crippen LogP contribution in [0, 0.1) is 0 Å². The molecule has 114 valence electrons. The van der Waals surface area contributed by atoms with Crippen LogP contribution in [-0.2, 0) is 17.6 Å². The van der Waals surface area contributed by atoms with Crippen LogP contribution in [-0.4, -0.2) is 29.7 Å². The zero-order valence-corrected chi connectivity index (χ0v) is 12.6. The van der Waals surface area contributed by atoms with Gasteiger partial charge in [0.25, 0.3) is 0 Å². The number of aryl methyl sites for hydroxylation is 2. The zero-order chi connectivity index (χ0) is 14.8. The molecule has 1 amide bonds. The topological polar surface area (TPSA) is 61.4 Å². The van der Waals surface area contributed by atoms with E-state index in [9.17, 15) is 9.90 Å². The second kappa shape index (κ2) is 6.16. The van der Waals surface area contributed by atoms with Crippen LogP contribution in [0.25, 0.3) is 0 Å². The van der Waals surface area contributed by atoms with E-state index in [1.807, 2.05) is 6.92 Å². The smallest absolute Gasteiger partial charge is 0.237 e. The summed E-state index contributed by atoms with van der Waals surface area (Å²) in [5.74, 6) is -0.0169. The minimum Gasteiger partial charge on any atom is -0.392 e. The Morgan fingerprint density at radius 3 is 2.81 bits per heavy atom. The first kappa shape index (κ1) is 14.5. The monoisotopic (exact) mass is 288 g/mol. The highest BCUT2D eigenvalue weighted by molar-refractivity contribution is 5.82. The number of carbonyl (C=O) groups excluding carboxylic acids is 1. The lowest BCUT2D eigenvalue weighted by Crippen LogP contribution is -2.41. The number of benzene rings is 1. The Labute approximate surface area is 125 Å². The van der Waals surface area contributed by atoms with Crippen molar-refractivity contribution in [3.8, 4) is 0 Å². The molecule has 4 heteroatoms. The Morgan fingerprint density at radius 1 is 1.33 bits per heavy atom. The Morgan fingerprint density at radius 2 is 2.10 bits per heavy atom. The number of hydrogen-bond donors (Lipinski definition) is 3. The fourth-order valence-electron chi connectivity index (χ4n) is 3.34. The fraction of sp³-hybridized carbons (Fsp3) is 0.588. The van der Waals surface area contributed by atoms with Gasteiger partial charge in [0.1, 0.15) is 0 Å². The van der Waals surface area contributed by atoms with Crippen molar-refractivity contribution in [2.75, 3.05) is 6.54 Å². The Balaban J connectivity index is 1.65. The summed E-state index contributed by atoms with van der Waals surface area (Å²) in [5.41, 5.74) is 4.07. The highest BCUT2D eigenvalue weighted by Crippen LogP contribution is 2.25. The lowest BCUT2D eigenvalue weighted by molar-refractivity contribution is -0.123. The largest absolute Gasteiger partial charge is 0.392 e. The Kier molecular flexibility index (Phi) is 4.27. The summed E-state index contributed by atoms with van der Waals surface area (Å²) in [6.07, 6.45) is 4.98. The molecular formula is C17H24N2O2. The maximum Gasteiger partial charge on any atom is 0.237 e. The van der Waals surface area contributed by atoms with E-state index in [0.29, 0.717) is 13.0 Å². The second-order valence-electron chi connectivity index (χ2n) is 6.32.